The first kappa shape index (κ1) is 13.3. The molecule has 0 radical (unpaired) electrons. The lowest BCUT2D eigenvalue weighted by Crippen LogP contribution is -2.25. The van der Waals surface area contributed by atoms with Gasteiger partial charge in [0.2, 0.25) is 11.8 Å². The summed E-state index contributed by atoms with van der Waals surface area (Å²) in [5.74, 6) is -0.863. The van der Waals surface area contributed by atoms with E-state index >= 15 is 0 Å². The van der Waals surface area contributed by atoms with Crippen LogP contribution in [-0.2, 0) is 9.59 Å². The van der Waals surface area contributed by atoms with E-state index in [2.05, 4.69) is 20.9 Å². The molecule has 0 aliphatic carbocycles. The molecule has 1 atom stereocenters. The smallest absolute Gasteiger partial charge is 0.240 e. The highest BCUT2D eigenvalue weighted by molar-refractivity contribution is 6.06. The second-order valence-electron chi connectivity index (χ2n) is 5.19. The van der Waals surface area contributed by atoms with Gasteiger partial charge in [-0.25, -0.2) is 4.68 Å². The first-order valence-electron chi connectivity index (χ1n) is 6.61. The number of benzene rings is 1. The van der Waals surface area contributed by atoms with Gasteiger partial charge in [-0.1, -0.05) is 6.07 Å². The summed E-state index contributed by atoms with van der Waals surface area (Å²) >= 11 is 0. The van der Waals surface area contributed by atoms with Crippen LogP contribution in [0.3, 0.4) is 0 Å². The van der Waals surface area contributed by atoms with E-state index < -0.39 is 5.92 Å². The van der Waals surface area contributed by atoms with E-state index in [1.807, 2.05) is 26.0 Å². The van der Waals surface area contributed by atoms with Crippen LogP contribution in [0.4, 0.5) is 5.69 Å². The Labute approximate surface area is 121 Å². The third kappa shape index (κ3) is 2.49. The molecule has 1 aliphatic rings. The number of hydrogen-bond donors (Lipinski definition) is 2. The molecule has 7 nitrogen and oxygen atoms in total. The number of nitrogens with one attached hydrogen (secondary N) is 2. The average Bonchev–Trinajstić information content (AvgIpc) is 2.98. The van der Waals surface area contributed by atoms with E-state index in [4.69, 9.17) is 0 Å². The van der Waals surface area contributed by atoms with E-state index in [9.17, 15) is 9.59 Å². The predicted octanol–water partition coefficient (Wildman–Crippen LogP) is 1.09. The topological polar surface area (TPSA) is 88.9 Å². The molecule has 2 amide bonds. The number of fused-ring (bicyclic) bond motifs is 1. The zero-order chi connectivity index (χ0) is 15.0. The largest absolute Gasteiger partial charge is 0.325 e. The monoisotopic (exact) mass is 285 g/mol. The number of hydrogen-bond acceptors (Lipinski definition) is 4. The van der Waals surface area contributed by atoms with Crippen molar-refractivity contribution in [2.24, 2.45) is 0 Å². The van der Waals surface area contributed by atoms with Crippen molar-refractivity contribution < 1.29 is 9.59 Å². The summed E-state index contributed by atoms with van der Waals surface area (Å²) in [6, 6.07) is 3.95. The summed E-state index contributed by atoms with van der Waals surface area (Å²) in [4.78, 5) is 24.1. The molecule has 1 aliphatic heterocycles. The van der Waals surface area contributed by atoms with Crippen LogP contribution in [0.2, 0.25) is 0 Å². The number of anilines is 1. The molecular weight excluding hydrogens is 270 g/mol. The van der Waals surface area contributed by atoms with Crippen LogP contribution in [0.5, 0.6) is 0 Å². The Balaban J connectivity index is 1.81. The zero-order valence-electron chi connectivity index (χ0n) is 11.8. The predicted molar refractivity (Wildman–Crippen MR) is 76.3 cm³/mol. The Morgan fingerprint density at radius 1 is 1.33 bits per heavy atom. The number of amides is 2. The third-order valence-corrected chi connectivity index (χ3v) is 3.52. The van der Waals surface area contributed by atoms with Crippen LogP contribution < -0.4 is 10.7 Å². The molecule has 0 fully saturated rings. The molecule has 7 heteroatoms. The van der Waals surface area contributed by atoms with Gasteiger partial charge in [-0.3, -0.25) is 15.0 Å². The molecular formula is C14H15N5O2. The van der Waals surface area contributed by atoms with Crippen molar-refractivity contribution in [2.75, 3.05) is 10.7 Å². The van der Waals surface area contributed by atoms with Gasteiger partial charge in [-0.05, 0) is 36.6 Å². The highest BCUT2D eigenvalue weighted by Gasteiger charge is 2.33. The van der Waals surface area contributed by atoms with Gasteiger partial charge in [0.25, 0.3) is 0 Å². The van der Waals surface area contributed by atoms with Crippen LogP contribution in [0.15, 0.2) is 24.8 Å². The minimum atomic E-state index is -0.461. The number of carbonyl (C=O) groups is 2. The normalized spacial score (nSPS) is 16.5. The van der Waals surface area contributed by atoms with Gasteiger partial charge in [-0.2, -0.15) is 0 Å². The SMILES string of the molecule is Cc1cc(C)c2c(c1)NC(=O)C2CC(=O)Nn1cnnc1. The Hall–Kier alpha value is -2.70. The summed E-state index contributed by atoms with van der Waals surface area (Å²) in [7, 11) is 0. The van der Waals surface area contributed by atoms with Crippen LogP contribution >= 0.6 is 0 Å². The van der Waals surface area contributed by atoms with Gasteiger partial charge in [0, 0.05) is 12.1 Å². The Kier molecular flexibility index (Phi) is 3.17. The molecule has 0 spiro atoms. The van der Waals surface area contributed by atoms with Crippen molar-refractivity contribution in [3.05, 3.63) is 41.5 Å². The summed E-state index contributed by atoms with van der Waals surface area (Å²) in [6.45, 7) is 3.93. The highest BCUT2D eigenvalue weighted by atomic mass is 16.2. The maximum Gasteiger partial charge on any atom is 0.240 e. The fourth-order valence-corrected chi connectivity index (χ4v) is 2.72. The van der Waals surface area contributed by atoms with Gasteiger partial charge in [0.1, 0.15) is 12.7 Å². The summed E-state index contributed by atoms with van der Waals surface area (Å²) in [5.41, 5.74) is 6.42. The Morgan fingerprint density at radius 2 is 2.05 bits per heavy atom. The lowest BCUT2D eigenvalue weighted by Gasteiger charge is -2.12. The van der Waals surface area contributed by atoms with E-state index in [-0.39, 0.29) is 18.2 Å². The molecule has 0 saturated heterocycles. The maximum absolute atomic E-state index is 12.1. The third-order valence-electron chi connectivity index (χ3n) is 3.52. The minimum absolute atomic E-state index is 0.0842. The van der Waals surface area contributed by atoms with Gasteiger partial charge >= 0.3 is 0 Å². The second kappa shape index (κ2) is 5.01. The van der Waals surface area contributed by atoms with Crippen LogP contribution in [0.25, 0.3) is 0 Å². The summed E-state index contributed by atoms with van der Waals surface area (Å²) in [5, 5.41) is 10.0. The van der Waals surface area contributed by atoms with Crippen molar-refractivity contribution in [3.63, 3.8) is 0 Å². The minimum Gasteiger partial charge on any atom is -0.325 e. The van der Waals surface area contributed by atoms with Crippen molar-refractivity contribution in [2.45, 2.75) is 26.2 Å². The standard InChI is InChI=1S/C14H15N5O2/c1-8-3-9(2)13-10(14(21)17-11(13)4-8)5-12(20)18-19-6-15-16-7-19/h3-4,6-7,10H,5H2,1-2H3,(H,17,21)(H,18,20). The fraction of sp³-hybridized carbons (Fsp3) is 0.286. The van der Waals surface area contributed by atoms with Crippen LogP contribution in [-0.4, -0.2) is 26.7 Å². The fourth-order valence-electron chi connectivity index (χ4n) is 2.72. The number of carbonyl (C=O) groups excluding carboxylic acids is 2. The number of aryl methyl sites for hydroxylation is 2. The van der Waals surface area contributed by atoms with Crippen molar-refractivity contribution in [3.8, 4) is 0 Å². The molecule has 1 aromatic heterocycles. The zero-order valence-corrected chi connectivity index (χ0v) is 11.8. The maximum atomic E-state index is 12.1. The first-order valence-corrected chi connectivity index (χ1v) is 6.61. The summed E-state index contributed by atoms with van der Waals surface area (Å²) < 4.78 is 1.36. The second-order valence-corrected chi connectivity index (χ2v) is 5.19. The molecule has 2 aromatic rings. The van der Waals surface area contributed by atoms with Crippen molar-refractivity contribution >= 4 is 17.5 Å². The lowest BCUT2D eigenvalue weighted by atomic mass is 9.92. The molecule has 3 rings (SSSR count). The number of nitrogens with zero attached hydrogens (tertiary/aromatic N) is 3. The Morgan fingerprint density at radius 3 is 2.76 bits per heavy atom. The van der Waals surface area contributed by atoms with E-state index in [0.717, 1.165) is 22.4 Å². The van der Waals surface area contributed by atoms with Gasteiger partial charge in [-0.15, -0.1) is 10.2 Å². The van der Waals surface area contributed by atoms with E-state index in [0.29, 0.717) is 0 Å². The lowest BCUT2D eigenvalue weighted by molar-refractivity contribution is -0.122. The Bertz CT molecular complexity index is 708. The molecule has 21 heavy (non-hydrogen) atoms. The van der Waals surface area contributed by atoms with Gasteiger partial charge in [0.05, 0.1) is 5.92 Å². The molecule has 0 bridgehead atoms. The molecule has 1 aromatic carbocycles. The van der Waals surface area contributed by atoms with Gasteiger partial charge < -0.3 is 5.32 Å². The average molecular weight is 285 g/mol. The molecule has 2 heterocycles. The van der Waals surface area contributed by atoms with Crippen LogP contribution in [0.1, 0.15) is 29.0 Å². The number of rotatable bonds is 3. The first-order chi connectivity index (χ1) is 10.0. The van der Waals surface area contributed by atoms with E-state index in [1.165, 1.54) is 17.3 Å². The summed E-state index contributed by atoms with van der Waals surface area (Å²) in [6.07, 6.45) is 2.85. The van der Waals surface area contributed by atoms with Crippen molar-refractivity contribution in [1.82, 2.24) is 14.9 Å². The molecule has 108 valence electrons. The highest BCUT2D eigenvalue weighted by Crippen LogP contribution is 2.37. The quantitative estimate of drug-likeness (QED) is 0.883. The van der Waals surface area contributed by atoms with Crippen molar-refractivity contribution in [1.29, 1.82) is 0 Å². The molecule has 0 saturated carbocycles. The van der Waals surface area contributed by atoms with E-state index in [1.54, 1.807) is 0 Å². The number of aromatic nitrogens is 3. The molecule has 1 unspecified atom stereocenters. The molecule has 2 N–H and O–H groups in total. The van der Waals surface area contributed by atoms with Crippen LogP contribution in [0, 0.1) is 13.8 Å². The van der Waals surface area contributed by atoms with Gasteiger partial charge in [0.15, 0.2) is 0 Å².